The zero-order valence-electron chi connectivity index (χ0n) is 21.5. The fourth-order valence-electron chi connectivity index (χ4n) is 4.84. The van der Waals surface area contributed by atoms with Crippen molar-refractivity contribution in [3.05, 3.63) is 78.7 Å². The number of thioether (sulfide) groups is 1. The first-order chi connectivity index (χ1) is 17.9. The summed E-state index contributed by atoms with van der Waals surface area (Å²) in [5, 5.41) is 0. The van der Waals surface area contributed by atoms with Crippen molar-refractivity contribution in [3.8, 4) is 0 Å². The molecule has 3 aromatic rings. The summed E-state index contributed by atoms with van der Waals surface area (Å²) in [6, 6.07) is 11.2. The van der Waals surface area contributed by atoms with Crippen LogP contribution in [0.3, 0.4) is 0 Å². The van der Waals surface area contributed by atoms with E-state index in [1.165, 1.54) is 11.3 Å². The number of carbonyl (C=O) groups excluding carboxylic acids is 1. The van der Waals surface area contributed by atoms with Crippen molar-refractivity contribution < 1.29 is 13.9 Å². The Labute approximate surface area is 224 Å². The van der Waals surface area contributed by atoms with Crippen LogP contribution in [-0.2, 0) is 9.53 Å². The molecule has 1 saturated heterocycles. The molecule has 1 atom stereocenters. The largest absolute Gasteiger partial charge is 0.463 e. The second kappa shape index (κ2) is 10.8. The Hall–Kier alpha value is -3.04. The van der Waals surface area contributed by atoms with Gasteiger partial charge in [0.05, 0.1) is 28.5 Å². The van der Waals surface area contributed by atoms with E-state index in [2.05, 4.69) is 16.8 Å². The quantitative estimate of drug-likeness (QED) is 0.344. The van der Waals surface area contributed by atoms with Gasteiger partial charge in [0.1, 0.15) is 5.76 Å². The van der Waals surface area contributed by atoms with E-state index < -0.39 is 12.0 Å². The summed E-state index contributed by atoms with van der Waals surface area (Å²) in [6.45, 7) is 8.04. The molecule has 4 heterocycles. The smallest absolute Gasteiger partial charge is 0.338 e. The number of esters is 1. The SMILES string of the molecule is CCOC(=O)C1=C(C)N=c2s/c(=C/c3ccc(N4CCC(C)CC4)o3)c(=O)n2[C@@H]1c1ccc(SC)cc1. The van der Waals surface area contributed by atoms with Crippen molar-refractivity contribution >= 4 is 41.0 Å². The van der Waals surface area contributed by atoms with Gasteiger partial charge in [-0.15, -0.1) is 11.8 Å². The van der Waals surface area contributed by atoms with Gasteiger partial charge in [0, 0.05) is 30.1 Å². The Morgan fingerprint density at radius 3 is 2.62 bits per heavy atom. The van der Waals surface area contributed by atoms with Gasteiger partial charge in [0.15, 0.2) is 10.7 Å². The van der Waals surface area contributed by atoms with Crippen molar-refractivity contribution in [3.63, 3.8) is 0 Å². The van der Waals surface area contributed by atoms with Crippen molar-refractivity contribution in [1.82, 2.24) is 4.57 Å². The molecule has 1 fully saturated rings. The molecule has 0 radical (unpaired) electrons. The van der Waals surface area contributed by atoms with Gasteiger partial charge in [-0.3, -0.25) is 9.36 Å². The molecule has 2 aliphatic rings. The Morgan fingerprint density at radius 2 is 1.95 bits per heavy atom. The predicted octanol–water partition coefficient (Wildman–Crippen LogP) is 4.35. The molecule has 0 bridgehead atoms. The van der Waals surface area contributed by atoms with Crippen LogP contribution in [0.25, 0.3) is 6.08 Å². The molecule has 2 aromatic heterocycles. The minimum Gasteiger partial charge on any atom is -0.463 e. The van der Waals surface area contributed by atoms with E-state index in [1.54, 1.807) is 36.3 Å². The summed E-state index contributed by atoms with van der Waals surface area (Å²) in [7, 11) is 0. The van der Waals surface area contributed by atoms with Crippen LogP contribution in [0, 0.1) is 5.92 Å². The highest BCUT2D eigenvalue weighted by Crippen LogP contribution is 2.32. The molecule has 9 heteroatoms. The number of hydrogen-bond donors (Lipinski definition) is 0. The van der Waals surface area contributed by atoms with Crippen LogP contribution in [0.2, 0.25) is 0 Å². The van der Waals surface area contributed by atoms with Gasteiger partial charge in [-0.05, 0) is 62.6 Å². The van der Waals surface area contributed by atoms with Gasteiger partial charge in [0.2, 0.25) is 0 Å². The molecule has 0 unspecified atom stereocenters. The van der Waals surface area contributed by atoms with Crippen molar-refractivity contribution in [2.75, 3.05) is 30.9 Å². The third kappa shape index (κ3) is 5.07. The van der Waals surface area contributed by atoms with Crippen molar-refractivity contribution in [2.45, 2.75) is 44.6 Å². The molecule has 2 aliphatic heterocycles. The summed E-state index contributed by atoms with van der Waals surface area (Å²) >= 11 is 2.94. The molecule has 0 aliphatic carbocycles. The number of furan rings is 1. The fraction of sp³-hybridized carbons (Fsp3) is 0.393. The van der Waals surface area contributed by atoms with E-state index >= 15 is 0 Å². The molecule has 0 spiro atoms. The number of fused-ring (bicyclic) bond motifs is 1. The summed E-state index contributed by atoms with van der Waals surface area (Å²) < 4.78 is 13.6. The van der Waals surface area contributed by atoms with Gasteiger partial charge in [-0.1, -0.05) is 30.4 Å². The first-order valence-electron chi connectivity index (χ1n) is 12.6. The Kier molecular flexibility index (Phi) is 7.44. The van der Waals surface area contributed by atoms with Crippen LogP contribution in [0.4, 0.5) is 5.88 Å². The Morgan fingerprint density at radius 1 is 1.22 bits per heavy atom. The minimum atomic E-state index is -0.615. The normalized spacial score (nSPS) is 18.6. The van der Waals surface area contributed by atoms with E-state index in [0.29, 0.717) is 26.4 Å². The summed E-state index contributed by atoms with van der Waals surface area (Å²) in [5.74, 6) is 1.74. The van der Waals surface area contributed by atoms with Crippen LogP contribution >= 0.6 is 23.1 Å². The lowest BCUT2D eigenvalue weighted by Crippen LogP contribution is -2.39. The van der Waals surface area contributed by atoms with Gasteiger partial charge in [0.25, 0.3) is 5.56 Å². The zero-order valence-corrected chi connectivity index (χ0v) is 23.2. The van der Waals surface area contributed by atoms with E-state index in [0.717, 1.165) is 48.2 Å². The van der Waals surface area contributed by atoms with Crippen LogP contribution in [0.15, 0.2) is 66.8 Å². The number of thiazole rings is 1. The second-order valence-electron chi connectivity index (χ2n) is 9.42. The number of piperidine rings is 1. The Balaban J connectivity index is 1.57. The molecule has 0 N–H and O–H groups in total. The maximum absolute atomic E-state index is 13.8. The summed E-state index contributed by atoms with van der Waals surface area (Å²) in [4.78, 5) is 35.3. The lowest BCUT2D eigenvalue weighted by molar-refractivity contribution is -0.139. The molecule has 194 valence electrons. The lowest BCUT2D eigenvalue weighted by Gasteiger charge is -2.29. The van der Waals surface area contributed by atoms with Crippen LogP contribution < -0.4 is 19.8 Å². The van der Waals surface area contributed by atoms with Gasteiger partial charge >= 0.3 is 5.97 Å². The standard InChI is InChI=1S/C28H31N3O4S2/c1-5-34-27(33)24-18(3)29-28-31(25(24)19-6-9-21(36-4)10-7-19)26(32)22(37-28)16-20-8-11-23(35-20)30-14-12-17(2)13-15-30/h6-11,16-17,25H,5,12-15H2,1-4H3/b22-16+/t25-/m1/s1. The fourth-order valence-corrected chi connectivity index (χ4v) is 6.28. The van der Waals surface area contributed by atoms with Crippen LogP contribution in [0.5, 0.6) is 0 Å². The molecule has 37 heavy (non-hydrogen) atoms. The number of anilines is 1. The predicted molar refractivity (Wildman–Crippen MR) is 148 cm³/mol. The molecule has 7 nitrogen and oxygen atoms in total. The highest BCUT2D eigenvalue weighted by atomic mass is 32.2. The number of allylic oxidation sites excluding steroid dienone is 1. The van der Waals surface area contributed by atoms with Crippen molar-refractivity contribution in [2.24, 2.45) is 10.9 Å². The first kappa shape index (κ1) is 25.6. The van der Waals surface area contributed by atoms with Crippen LogP contribution in [0.1, 0.15) is 51.0 Å². The number of benzene rings is 1. The van der Waals surface area contributed by atoms with Crippen LogP contribution in [-0.4, -0.2) is 36.5 Å². The lowest BCUT2D eigenvalue weighted by atomic mass is 9.96. The molecular formula is C28H31N3O4S2. The zero-order chi connectivity index (χ0) is 26.1. The number of nitrogens with zero attached hydrogens (tertiary/aromatic N) is 3. The summed E-state index contributed by atoms with van der Waals surface area (Å²) in [6.07, 6.45) is 6.08. The Bertz CT molecular complexity index is 1510. The maximum Gasteiger partial charge on any atom is 0.338 e. The average molecular weight is 538 g/mol. The molecule has 1 aromatic carbocycles. The topological polar surface area (TPSA) is 77.0 Å². The van der Waals surface area contributed by atoms with E-state index in [1.807, 2.05) is 42.7 Å². The second-order valence-corrected chi connectivity index (χ2v) is 11.3. The number of aromatic nitrogens is 1. The van der Waals surface area contributed by atoms with E-state index in [9.17, 15) is 9.59 Å². The number of hydrogen-bond acceptors (Lipinski definition) is 8. The number of rotatable bonds is 6. The monoisotopic (exact) mass is 537 g/mol. The maximum atomic E-state index is 13.8. The third-order valence-corrected chi connectivity index (χ3v) is 8.66. The first-order valence-corrected chi connectivity index (χ1v) is 14.6. The molecule has 0 saturated carbocycles. The highest BCUT2D eigenvalue weighted by molar-refractivity contribution is 7.98. The van der Waals surface area contributed by atoms with Gasteiger partial charge in [-0.2, -0.15) is 0 Å². The third-order valence-electron chi connectivity index (χ3n) is 6.93. The number of ether oxygens (including phenoxy) is 1. The summed E-state index contributed by atoms with van der Waals surface area (Å²) in [5.41, 5.74) is 1.58. The van der Waals surface area contributed by atoms with E-state index in [4.69, 9.17) is 9.15 Å². The molecule has 5 rings (SSSR count). The van der Waals surface area contributed by atoms with Gasteiger partial charge in [-0.25, -0.2) is 9.79 Å². The van der Waals surface area contributed by atoms with Gasteiger partial charge < -0.3 is 14.1 Å². The van der Waals surface area contributed by atoms with Crippen molar-refractivity contribution in [1.29, 1.82) is 0 Å². The van der Waals surface area contributed by atoms with E-state index in [-0.39, 0.29) is 12.2 Å². The average Bonchev–Trinajstić information content (AvgIpc) is 3.48. The number of carbonyl (C=O) groups is 1. The molecular weight excluding hydrogens is 506 g/mol. The minimum absolute atomic E-state index is 0.207. The highest BCUT2D eigenvalue weighted by Gasteiger charge is 2.33. The molecule has 0 amide bonds.